The molecule has 1 amide bonds. The van der Waals surface area contributed by atoms with E-state index in [4.69, 9.17) is 10.5 Å². The molecule has 0 spiro atoms. The Labute approximate surface area is 114 Å². The molecule has 0 aliphatic carbocycles. The summed E-state index contributed by atoms with van der Waals surface area (Å²) in [5.41, 5.74) is 5.50. The van der Waals surface area contributed by atoms with Crippen LogP contribution in [0.15, 0.2) is 18.2 Å². The summed E-state index contributed by atoms with van der Waals surface area (Å²) in [6.07, 6.45) is 0. The van der Waals surface area contributed by atoms with E-state index in [9.17, 15) is 14.9 Å². The molecule has 0 radical (unpaired) electrons. The van der Waals surface area contributed by atoms with Crippen molar-refractivity contribution in [2.45, 2.75) is 0 Å². The van der Waals surface area contributed by atoms with Crippen LogP contribution in [0.25, 0.3) is 0 Å². The van der Waals surface area contributed by atoms with E-state index < -0.39 is 4.92 Å². The number of anilines is 1. The zero-order chi connectivity index (χ0) is 14.3. The van der Waals surface area contributed by atoms with Crippen molar-refractivity contribution in [2.24, 2.45) is 5.73 Å². The average Bonchev–Trinajstić information content (AvgIpc) is 2.38. The van der Waals surface area contributed by atoms with Crippen LogP contribution < -0.4 is 15.8 Å². The van der Waals surface area contributed by atoms with E-state index in [1.165, 1.54) is 37.1 Å². The fraction of sp³-hybridized carbons (Fsp3) is 0.364. The molecule has 0 unspecified atom stereocenters. The summed E-state index contributed by atoms with van der Waals surface area (Å²) in [6, 6.07) is 4.03. The lowest BCUT2D eigenvalue weighted by atomic mass is 10.2. The number of methoxy groups -OCH3 is 1. The molecule has 0 aliphatic rings. The standard InChI is InChI=1S/C11H15N3O4S/c1-18-10-3-2-8(14(16)17)6-9(10)13-11(15)7-19-5-4-12/h2-3,6H,4-5,7,12H2,1H3,(H,13,15). The van der Waals surface area contributed by atoms with Gasteiger partial charge in [0.05, 0.1) is 23.5 Å². The van der Waals surface area contributed by atoms with Gasteiger partial charge in [-0.1, -0.05) is 0 Å². The van der Waals surface area contributed by atoms with Gasteiger partial charge in [-0.25, -0.2) is 0 Å². The van der Waals surface area contributed by atoms with Crippen LogP contribution in [0.1, 0.15) is 0 Å². The molecule has 0 atom stereocenters. The van der Waals surface area contributed by atoms with E-state index in [0.29, 0.717) is 18.0 Å². The smallest absolute Gasteiger partial charge is 0.271 e. The van der Waals surface area contributed by atoms with Crippen LogP contribution in [-0.4, -0.2) is 36.0 Å². The van der Waals surface area contributed by atoms with Crippen LogP contribution in [0.5, 0.6) is 5.75 Å². The highest BCUT2D eigenvalue weighted by Crippen LogP contribution is 2.28. The topological polar surface area (TPSA) is 107 Å². The van der Waals surface area contributed by atoms with Crippen molar-refractivity contribution < 1.29 is 14.5 Å². The number of carbonyl (C=O) groups excluding carboxylic acids is 1. The van der Waals surface area contributed by atoms with Gasteiger partial charge >= 0.3 is 0 Å². The van der Waals surface area contributed by atoms with E-state index in [1.807, 2.05) is 0 Å². The fourth-order valence-corrected chi connectivity index (χ4v) is 1.91. The number of amides is 1. The first-order valence-electron chi connectivity index (χ1n) is 5.48. The molecule has 7 nitrogen and oxygen atoms in total. The first kappa shape index (κ1) is 15.3. The normalized spacial score (nSPS) is 10.0. The minimum Gasteiger partial charge on any atom is -0.495 e. The summed E-state index contributed by atoms with van der Waals surface area (Å²) in [7, 11) is 1.43. The average molecular weight is 285 g/mol. The van der Waals surface area contributed by atoms with E-state index >= 15 is 0 Å². The molecule has 0 fully saturated rings. The number of nitrogens with two attached hydrogens (primary N) is 1. The van der Waals surface area contributed by atoms with E-state index in [0.717, 1.165) is 0 Å². The molecule has 0 bridgehead atoms. The number of nitrogens with zero attached hydrogens (tertiary/aromatic N) is 1. The third-order valence-electron chi connectivity index (χ3n) is 2.16. The molecular weight excluding hydrogens is 270 g/mol. The van der Waals surface area contributed by atoms with Gasteiger partial charge in [0.2, 0.25) is 5.91 Å². The van der Waals surface area contributed by atoms with Crippen LogP contribution >= 0.6 is 11.8 Å². The molecule has 0 aliphatic heterocycles. The number of benzene rings is 1. The largest absolute Gasteiger partial charge is 0.495 e. The van der Waals surface area contributed by atoms with Gasteiger partial charge in [0.15, 0.2) is 0 Å². The van der Waals surface area contributed by atoms with Gasteiger partial charge in [0, 0.05) is 24.4 Å². The van der Waals surface area contributed by atoms with Crippen LogP contribution in [0.3, 0.4) is 0 Å². The summed E-state index contributed by atoms with van der Waals surface area (Å²) < 4.78 is 5.04. The van der Waals surface area contributed by atoms with Crippen LogP contribution in [0.4, 0.5) is 11.4 Å². The Morgan fingerprint density at radius 2 is 2.32 bits per heavy atom. The quantitative estimate of drug-likeness (QED) is 0.443. The molecular formula is C11H15N3O4S. The molecule has 0 aromatic heterocycles. The van der Waals surface area contributed by atoms with Gasteiger partial charge in [-0.05, 0) is 6.07 Å². The molecule has 1 aromatic rings. The van der Waals surface area contributed by atoms with Crippen molar-refractivity contribution in [1.29, 1.82) is 0 Å². The van der Waals surface area contributed by atoms with Gasteiger partial charge in [-0.3, -0.25) is 14.9 Å². The van der Waals surface area contributed by atoms with Gasteiger partial charge < -0.3 is 15.8 Å². The van der Waals surface area contributed by atoms with E-state index in [1.54, 1.807) is 0 Å². The van der Waals surface area contributed by atoms with Crippen LogP contribution in [0, 0.1) is 10.1 Å². The van der Waals surface area contributed by atoms with Crippen molar-refractivity contribution in [3.63, 3.8) is 0 Å². The lowest BCUT2D eigenvalue weighted by molar-refractivity contribution is -0.384. The number of hydrogen-bond acceptors (Lipinski definition) is 6. The van der Waals surface area contributed by atoms with Gasteiger partial charge in [0.25, 0.3) is 5.69 Å². The number of nitro benzene ring substituents is 1. The van der Waals surface area contributed by atoms with E-state index in [2.05, 4.69) is 5.32 Å². The third kappa shape index (κ3) is 4.76. The molecule has 1 rings (SSSR count). The number of hydrogen-bond donors (Lipinski definition) is 2. The molecule has 3 N–H and O–H groups in total. The molecule has 19 heavy (non-hydrogen) atoms. The Balaban J connectivity index is 2.77. The third-order valence-corrected chi connectivity index (χ3v) is 3.15. The number of non-ortho nitro benzene ring substituents is 1. The number of carbonyl (C=O) groups is 1. The number of thioether (sulfide) groups is 1. The summed E-state index contributed by atoms with van der Waals surface area (Å²) in [4.78, 5) is 21.8. The van der Waals surface area contributed by atoms with Crippen molar-refractivity contribution >= 4 is 29.0 Å². The number of rotatable bonds is 7. The number of nitro groups is 1. The van der Waals surface area contributed by atoms with Crippen LogP contribution in [0.2, 0.25) is 0 Å². The van der Waals surface area contributed by atoms with Gasteiger partial charge in [0.1, 0.15) is 5.75 Å². The van der Waals surface area contributed by atoms with Crippen molar-refractivity contribution in [3.05, 3.63) is 28.3 Å². The maximum atomic E-state index is 11.6. The van der Waals surface area contributed by atoms with Gasteiger partial charge in [-0.15, -0.1) is 0 Å². The Kier molecular flexibility index (Phi) is 6.10. The SMILES string of the molecule is COc1ccc([N+](=O)[O-])cc1NC(=O)CSCCN. The predicted molar refractivity (Wildman–Crippen MR) is 74.7 cm³/mol. The summed E-state index contributed by atoms with van der Waals surface area (Å²) in [5.74, 6) is 1.04. The lowest BCUT2D eigenvalue weighted by Crippen LogP contribution is -2.16. The minimum absolute atomic E-state index is 0.106. The summed E-state index contributed by atoms with van der Waals surface area (Å²) in [6.45, 7) is 0.498. The maximum absolute atomic E-state index is 11.6. The lowest BCUT2D eigenvalue weighted by Gasteiger charge is -2.09. The van der Waals surface area contributed by atoms with Crippen LogP contribution in [-0.2, 0) is 4.79 Å². The highest BCUT2D eigenvalue weighted by molar-refractivity contribution is 7.99. The Morgan fingerprint density at radius 3 is 2.89 bits per heavy atom. The second-order valence-corrected chi connectivity index (χ2v) is 4.64. The monoisotopic (exact) mass is 285 g/mol. The van der Waals surface area contributed by atoms with Crippen molar-refractivity contribution in [3.8, 4) is 5.75 Å². The Morgan fingerprint density at radius 1 is 1.58 bits per heavy atom. The number of nitrogens with one attached hydrogen (secondary N) is 1. The zero-order valence-corrected chi connectivity index (χ0v) is 11.2. The second kappa shape index (κ2) is 7.59. The molecule has 0 saturated heterocycles. The summed E-state index contributed by atoms with van der Waals surface area (Å²) in [5, 5.41) is 13.3. The predicted octanol–water partition coefficient (Wildman–Crippen LogP) is 1.23. The maximum Gasteiger partial charge on any atom is 0.271 e. The first-order chi connectivity index (χ1) is 9.08. The molecule has 8 heteroatoms. The zero-order valence-electron chi connectivity index (χ0n) is 10.4. The molecule has 1 aromatic carbocycles. The Hall–Kier alpha value is -1.80. The first-order valence-corrected chi connectivity index (χ1v) is 6.64. The fourth-order valence-electron chi connectivity index (χ4n) is 1.34. The molecule has 104 valence electrons. The number of ether oxygens (including phenoxy) is 1. The highest BCUT2D eigenvalue weighted by atomic mass is 32.2. The highest BCUT2D eigenvalue weighted by Gasteiger charge is 2.13. The van der Waals surface area contributed by atoms with E-state index in [-0.39, 0.29) is 23.0 Å². The molecule has 0 heterocycles. The minimum atomic E-state index is -0.529. The van der Waals surface area contributed by atoms with Gasteiger partial charge in [-0.2, -0.15) is 11.8 Å². The van der Waals surface area contributed by atoms with Crippen molar-refractivity contribution in [1.82, 2.24) is 0 Å². The Bertz CT molecular complexity index is 467. The summed E-state index contributed by atoms with van der Waals surface area (Å²) >= 11 is 1.39. The molecule has 0 saturated carbocycles. The van der Waals surface area contributed by atoms with Crippen molar-refractivity contribution in [2.75, 3.05) is 30.5 Å². The second-order valence-electron chi connectivity index (χ2n) is 3.53.